The number of hydrogen-bond acceptors (Lipinski definition) is 5. The van der Waals surface area contributed by atoms with E-state index in [-0.39, 0.29) is 17.9 Å². The molecule has 0 unspecified atom stereocenters. The van der Waals surface area contributed by atoms with Crippen LogP contribution in [-0.2, 0) is 16.0 Å². The maximum Gasteiger partial charge on any atom is 0.238 e. The van der Waals surface area contributed by atoms with Crippen molar-refractivity contribution in [3.05, 3.63) is 59.7 Å². The Morgan fingerprint density at radius 3 is 2.41 bits per heavy atom. The zero-order valence-electron chi connectivity index (χ0n) is 20.3. The molecule has 2 aliphatic heterocycles. The van der Waals surface area contributed by atoms with Gasteiger partial charge >= 0.3 is 0 Å². The molecular formula is C27H36N4O3. The van der Waals surface area contributed by atoms with Crippen molar-refractivity contribution >= 4 is 17.5 Å². The number of rotatable bonds is 8. The number of likely N-dealkylation sites (tertiary alicyclic amines) is 1. The Morgan fingerprint density at radius 1 is 0.971 bits per heavy atom. The Labute approximate surface area is 202 Å². The van der Waals surface area contributed by atoms with Crippen molar-refractivity contribution < 1.29 is 14.3 Å². The average Bonchev–Trinajstić information content (AvgIpc) is 3.32. The number of piperazine rings is 1. The van der Waals surface area contributed by atoms with Gasteiger partial charge in [-0.3, -0.25) is 19.4 Å². The number of hydrogen-bond donors (Lipinski definition) is 1. The molecule has 182 valence electrons. The minimum Gasteiger partial charge on any atom is -0.497 e. The highest BCUT2D eigenvalue weighted by molar-refractivity contribution is 5.93. The number of benzene rings is 2. The van der Waals surface area contributed by atoms with Gasteiger partial charge in [0.2, 0.25) is 11.8 Å². The highest BCUT2D eigenvalue weighted by Crippen LogP contribution is 2.32. The monoisotopic (exact) mass is 464 g/mol. The number of carbonyl (C=O) groups is 2. The first-order valence-electron chi connectivity index (χ1n) is 12.3. The third-order valence-corrected chi connectivity index (χ3v) is 6.97. The molecule has 4 rings (SSSR count). The van der Waals surface area contributed by atoms with Crippen LogP contribution in [-0.4, -0.2) is 79.4 Å². The van der Waals surface area contributed by atoms with Crippen LogP contribution in [0.4, 0.5) is 5.69 Å². The van der Waals surface area contributed by atoms with Gasteiger partial charge in [0.15, 0.2) is 0 Å². The lowest BCUT2D eigenvalue weighted by molar-refractivity contribution is -0.134. The SMILES string of the molecule is CCc1ccccc1NC(=O)CN1CCN(C(=O)CN2CCC[C@@H]2c2ccc(OC)cc2)CC1. The van der Waals surface area contributed by atoms with Gasteiger partial charge in [-0.05, 0) is 55.1 Å². The molecule has 0 saturated carbocycles. The number of nitrogens with zero attached hydrogens (tertiary/aromatic N) is 3. The molecule has 2 aliphatic rings. The summed E-state index contributed by atoms with van der Waals surface area (Å²) in [5.41, 5.74) is 3.27. The van der Waals surface area contributed by atoms with Crippen LogP contribution >= 0.6 is 0 Å². The number of carbonyl (C=O) groups excluding carboxylic acids is 2. The summed E-state index contributed by atoms with van der Waals surface area (Å²) in [5, 5.41) is 3.04. The summed E-state index contributed by atoms with van der Waals surface area (Å²) in [4.78, 5) is 32.0. The number of methoxy groups -OCH3 is 1. The van der Waals surface area contributed by atoms with E-state index >= 15 is 0 Å². The Bertz CT molecular complexity index is 970. The first-order valence-corrected chi connectivity index (χ1v) is 12.3. The molecular weight excluding hydrogens is 428 g/mol. The fourth-order valence-corrected chi connectivity index (χ4v) is 4.99. The summed E-state index contributed by atoms with van der Waals surface area (Å²) < 4.78 is 5.27. The van der Waals surface area contributed by atoms with E-state index in [0.717, 1.165) is 55.9 Å². The van der Waals surface area contributed by atoms with Crippen LogP contribution in [0.15, 0.2) is 48.5 Å². The van der Waals surface area contributed by atoms with Gasteiger partial charge in [0, 0.05) is 37.9 Å². The molecule has 0 radical (unpaired) electrons. The van der Waals surface area contributed by atoms with Gasteiger partial charge in [-0.2, -0.15) is 0 Å². The number of para-hydroxylation sites is 1. The molecule has 0 bridgehead atoms. The maximum atomic E-state index is 13.0. The van der Waals surface area contributed by atoms with Gasteiger partial charge < -0.3 is 15.0 Å². The van der Waals surface area contributed by atoms with Gasteiger partial charge in [-0.1, -0.05) is 37.3 Å². The lowest BCUT2D eigenvalue weighted by atomic mass is 10.0. The topological polar surface area (TPSA) is 65.1 Å². The van der Waals surface area contributed by atoms with Crippen molar-refractivity contribution in [3.8, 4) is 5.75 Å². The van der Waals surface area contributed by atoms with Crippen LogP contribution in [0.2, 0.25) is 0 Å². The first-order chi connectivity index (χ1) is 16.6. The minimum absolute atomic E-state index is 0.0000710. The summed E-state index contributed by atoms with van der Waals surface area (Å²) in [6.45, 7) is 6.60. The molecule has 7 nitrogen and oxygen atoms in total. The van der Waals surface area contributed by atoms with E-state index in [9.17, 15) is 9.59 Å². The fraction of sp³-hybridized carbons (Fsp3) is 0.481. The molecule has 1 N–H and O–H groups in total. The highest BCUT2D eigenvalue weighted by atomic mass is 16.5. The zero-order valence-corrected chi connectivity index (χ0v) is 20.3. The van der Waals surface area contributed by atoms with E-state index in [0.29, 0.717) is 26.2 Å². The normalized spacial score (nSPS) is 19.2. The van der Waals surface area contributed by atoms with Crippen molar-refractivity contribution in [1.82, 2.24) is 14.7 Å². The standard InChI is InChI=1S/C27H36N4O3/c1-3-21-7-4-5-8-24(21)28-26(32)19-29-15-17-30(18-16-29)27(33)20-31-14-6-9-25(31)22-10-12-23(34-2)13-11-22/h4-5,7-8,10-13,25H,3,6,9,14-20H2,1-2H3,(H,28,32)/t25-/m1/s1. The molecule has 2 aromatic carbocycles. The Kier molecular flexibility index (Phi) is 8.19. The van der Waals surface area contributed by atoms with Crippen molar-refractivity contribution in [3.63, 3.8) is 0 Å². The largest absolute Gasteiger partial charge is 0.497 e. The van der Waals surface area contributed by atoms with Gasteiger partial charge in [-0.15, -0.1) is 0 Å². The van der Waals surface area contributed by atoms with Crippen LogP contribution in [0.25, 0.3) is 0 Å². The van der Waals surface area contributed by atoms with Gasteiger partial charge in [0.05, 0.1) is 20.2 Å². The Morgan fingerprint density at radius 2 is 1.71 bits per heavy atom. The second-order valence-corrected chi connectivity index (χ2v) is 9.12. The number of amides is 2. The van der Waals surface area contributed by atoms with E-state index < -0.39 is 0 Å². The number of nitrogens with one attached hydrogen (secondary N) is 1. The molecule has 0 aromatic heterocycles. The summed E-state index contributed by atoms with van der Waals surface area (Å²) >= 11 is 0. The Balaban J connectivity index is 1.24. The molecule has 0 spiro atoms. The molecule has 2 fully saturated rings. The van der Waals surface area contributed by atoms with Crippen LogP contribution in [0, 0.1) is 0 Å². The molecule has 0 aliphatic carbocycles. The van der Waals surface area contributed by atoms with E-state index in [1.54, 1.807) is 7.11 Å². The predicted octanol–water partition coefficient (Wildman–Crippen LogP) is 3.18. The minimum atomic E-state index is 0.0000710. The second kappa shape index (κ2) is 11.5. The Hall–Kier alpha value is -2.90. The third-order valence-electron chi connectivity index (χ3n) is 6.97. The van der Waals surface area contributed by atoms with Crippen molar-refractivity contribution in [2.24, 2.45) is 0 Å². The highest BCUT2D eigenvalue weighted by Gasteiger charge is 2.30. The lowest BCUT2D eigenvalue weighted by Crippen LogP contribution is -2.52. The number of aryl methyl sites for hydroxylation is 1. The molecule has 7 heteroatoms. The zero-order chi connectivity index (χ0) is 23.9. The van der Waals surface area contributed by atoms with Crippen LogP contribution in [0.3, 0.4) is 0 Å². The average molecular weight is 465 g/mol. The van der Waals surface area contributed by atoms with Gasteiger partial charge in [0.1, 0.15) is 5.75 Å². The van der Waals surface area contributed by atoms with E-state index in [1.807, 2.05) is 41.3 Å². The smallest absolute Gasteiger partial charge is 0.238 e. The molecule has 2 heterocycles. The third kappa shape index (κ3) is 5.96. The van der Waals surface area contributed by atoms with Crippen LogP contribution in [0.1, 0.15) is 36.9 Å². The lowest BCUT2D eigenvalue weighted by Gasteiger charge is -2.35. The van der Waals surface area contributed by atoms with Crippen molar-refractivity contribution in [1.29, 1.82) is 0 Å². The van der Waals surface area contributed by atoms with Crippen LogP contribution < -0.4 is 10.1 Å². The summed E-state index contributed by atoms with van der Waals surface area (Å²) in [7, 11) is 1.67. The molecule has 2 saturated heterocycles. The molecule has 2 aromatic rings. The molecule has 34 heavy (non-hydrogen) atoms. The number of anilines is 1. The van der Waals surface area contributed by atoms with Gasteiger partial charge in [-0.25, -0.2) is 0 Å². The van der Waals surface area contributed by atoms with Crippen LogP contribution in [0.5, 0.6) is 5.75 Å². The second-order valence-electron chi connectivity index (χ2n) is 9.12. The number of ether oxygens (including phenoxy) is 1. The summed E-state index contributed by atoms with van der Waals surface area (Å²) in [6.07, 6.45) is 3.06. The van der Waals surface area contributed by atoms with Crippen molar-refractivity contribution in [2.75, 3.05) is 58.2 Å². The maximum absolute atomic E-state index is 13.0. The molecule has 2 amide bonds. The van der Waals surface area contributed by atoms with E-state index in [2.05, 4.69) is 34.2 Å². The first kappa shape index (κ1) is 24.2. The van der Waals surface area contributed by atoms with E-state index in [1.165, 1.54) is 5.56 Å². The van der Waals surface area contributed by atoms with Gasteiger partial charge in [0.25, 0.3) is 0 Å². The van der Waals surface area contributed by atoms with Crippen molar-refractivity contribution in [2.45, 2.75) is 32.2 Å². The van der Waals surface area contributed by atoms with E-state index in [4.69, 9.17) is 4.74 Å². The fourth-order valence-electron chi connectivity index (χ4n) is 4.99. The quantitative estimate of drug-likeness (QED) is 0.650. The molecule has 1 atom stereocenters. The summed E-state index contributed by atoms with van der Waals surface area (Å²) in [5.74, 6) is 1.03. The predicted molar refractivity (Wildman–Crippen MR) is 134 cm³/mol. The summed E-state index contributed by atoms with van der Waals surface area (Å²) in [6, 6.07) is 16.4.